The molecule has 0 aliphatic rings. The van der Waals surface area contributed by atoms with Crippen LogP contribution in [-0.4, -0.2) is 0 Å². The summed E-state index contributed by atoms with van der Waals surface area (Å²) in [4.78, 5) is 0.904. The molecular formula is C15H16FNS. The van der Waals surface area contributed by atoms with Crippen LogP contribution in [0.1, 0.15) is 18.1 Å². The number of benzene rings is 2. The van der Waals surface area contributed by atoms with E-state index in [1.807, 2.05) is 6.07 Å². The number of hydrogen-bond acceptors (Lipinski definition) is 2. The summed E-state index contributed by atoms with van der Waals surface area (Å²) < 4.78 is 13.3. The highest BCUT2D eigenvalue weighted by molar-refractivity contribution is 7.98. The lowest BCUT2D eigenvalue weighted by atomic mass is 10.1. The molecule has 2 N–H and O–H groups in total. The number of halogens is 1. The highest BCUT2D eigenvalue weighted by Crippen LogP contribution is 2.25. The van der Waals surface area contributed by atoms with Gasteiger partial charge in [-0.2, -0.15) is 0 Å². The molecule has 0 amide bonds. The maximum Gasteiger partial charge on any atom is 0.147 e. The molecule has 0 spiro atoms. The Hall–Kier alpha value is -1.48. The molecule has 18 heavy (non-hydrogen) atoms. The van der Waals surface area contributed by atoms with Crippen molar-refractivity contribution >= 4 is 17.4 Å². The van der Waals surface area contributed by atoms with Crippen molar-refractivity contribution in [1.29, 1.82) is 0 Å². The van der Waals surface area contributed by atoms with Crippen molar-refractivity contribution in [2.24, 2.45) is 0 Å². The minimum atomic E-state index is -0.346. The van der Waals surface area contributed by atoms with Crippen molar-refractivity contribution in [3.63, 3.8) is 0 Å². The van der Waals surface area contributed by atoms with Gasteiger partial charge in [-0.05, 0) is 35.7 Å². The second kappa shape index (κ2) is 5.91. The van der Waals surface area contributed by atoms with E-state index in [0.29, 0.717) is 0 Å². The first kappa shape index (κ1) is 13.0. The maximum atomic E-state index is 13.3. The molecule has 2 aromatic carbocycles. The lowest BCUT2D eigenvalue weighted by Crippen LogP contribution is -1.90. The summed E-state index contributed by atoms with van der Waals surface area (Å²) >= 11 is 1.61. The highest BCUT2D eigenvalue weighted by Gasteiger charge is 2.01. The van der Waals surface area contributed by atoms with Crippen LogP contribution in [0.25, 0.3) is 0 Å². The summed E-state index contributed by atoms with van der Waals surface area (Å²) in [5, 5.41) is 0. The molecule has 0 bridgehead atoms. The van der Waals surface area contributed by atoms with Crippen molar-refractivity contribution in [2.45, 2.75) is 24.0 Å². The van der Waals surface area contributed by atoms with Gasteiger partial charge in [0.15, 0.2) is 0 Å². The van der Waals surface area contributed by atoms with Gasteiger partial charge in [0.1, 0.15) is 5.82 Å². The molecule has 0 aromatic heterocycles. The monoisotopic (exact) mass is 261 g/mol. The number of nitrogen functional groups attached to an aromatic ring is 1. The van der Waals surface area contributed by atoms with Crippen molar-refractivity contribution in [2.75, 3.05) is 5.73 Å². The van der Waals surface area contributed by atoms with Gasteiger partial charge in [0, 0.05) is 10.6 Å². The average molecular weight is 261 g/mol. The van der Waals surface area contributed by atoms with Crippen LogP contribution in [0.3, 0.4) is 0 Å². The molecule has 2 aromatic rings. The Morgan fingerprint density at radius 2 is 1.72 bits per heavy atom. The summed E-state index contributed by atoms with van der Waals surface area (Å²) in [7, 11) is 0. The largest absolute Gasteiger partial charge is 0.396 e. The number of aryl methyl sites for hydroxylation is 1. The molecule has 1 nitrogen and oxygen atoms in total. The fourth-order valence-corrected chi connectivity index (χ4v) is 2.51. The predicted octanol–water partition coefficient (Wildman–Crippen LogP) is 4.26. The van der Waals surface area contributed by atoms with Gasteiger partial charge in [0.2, 0.25) is 0 Å². The Bertz CT molecular complexity index is 523. The number of anilines is 1. The highest BCUT2D eigenvalue weighted by atomic mass is 32.2. The molecule has 0 aliphatic heterocycles. The van der Waals surface area contributed by atoms with Crippen LogP contribution in [-0.2, 0) is 12.2 Å². The van der Waals surface area contributed by atoms with E-state index < -0.39 is 0 Å². The Balaban J connectivity index is 1.99. The fourth-order valence-electron chi connectivity index (χ4n) is 1.64. The molecular weight excluding hydrogens is 245 g/mol. The van der Waals surface area contributed by atoms with Crippen molar-refractivity contribution < 1.29 is 4.39 Å². The normalized spacial score (nSPS) is 10.6. The summed E-state index contributed by atoms with van der Waals surface area (Å²) in [5.41, 5.74) is 8.22. The SMILES string of the molecule is CCc1ccc(CSc2ccc(N)c(F)c2)cc1. The smallest absolute Gasteiger partial charge is 0.147 e. The Labute approximate surface area is 111 Å². The van der Waals surface area contributed by atoms with Gasteiger partial charge in [0.25, 0.3) is 0 Å². The standard InChI is InChI=1S/C15H16FNS/c1-2-11-3-5-12(6-4-11)10-18-13-7-8-15(17)14(16)9-13/h3-9H,2,10,17H2,1H3. The van der Waals surface area contributed by atoms with Crippen LogP contribution in [0.15, 0.2) is 47.4 Å². The first-order chi connectivity index (χ1) is 8.69. The zero-order valence-electron chi connectivity index (χ0n) is 10.3. The summed E-state index contributed by atoms with van der Waals surface area (Å²) in [6.07, 6.45) is 1.05. The first-order valence-electron chi connectivity index (χ1n) is 5.94. The molecule has 0 aliphatic carbocycles. The van der Waals surface area contributed by atoms with Crippen molar-refractivity contribution in [3.05, 3.63) is 59.4 Å². The second-order valence-corrected chi connectivity index (χ2v) is 5.19. The Morgan fingerprint density at radius 3 is 2.33 bits per heavy atom. The molecule has 0 saturated carbocycles. The summed E-state index contributed by atoms with van der Waals surface area (Å²) in [6.45, 7) is 2.14. The number of rotatable bonds is 4. The number of thioether (sulfide) groups is 1. The zero-order chi connectivity index (χ0) is 13.0. The van der Waals surface area contributed by atoms with E-state index in [0.717, 1.165) is 17.1 Å². The van der Waals surface area contributed by atoms with E-state index in [-0.39, 0.29) is 11.5 Å². The topological polar surface area (TPSA) is 26.0 Å². The first-order valence-corrected chi connectivity index (χ1v) is 6.93. The van der Waals surface area contributed by atoms with Crippen LogP contribution < -0.4 is 5.73 Å². The van der Waals surface area contributed by atoms with Gasteiger partial charge in [-0.25, -0.2) is 4.39 Å². The van der Waals surface area contributed by atoms with Gasteiger partial charge in [-0.15, -0.1) is 11.8 Å². The molecule has 3 heteroatoms. The third-order valence-corrected chi connectivity index (χ3v) is 3.87. The summed E-state index contributed by atoms with van der Waals surface area (Å²) in [6, 6.07) is 13.5. The number of hydrogen-bond donors (Lipinski definition) is 1. The van der Waals surface area contributed by atoms with Crippen molar-refractivity contribution in [1.82, 2.24) is 0 Å². The minimum absolute atomic E-state index is 0.201. The van der Waals surface area contributed by atoms with E-state index in [1.165, 1.54) is 17.2 Å². The number of nitrogens with two attached hydrogens (primary N) is 1. The van der Waals surface area contributed by atoms with Gasteiger partial charge in [-0.1, -0.05) is 31.2 Å². The Kier molecular flexibility index (Phi) is 4.26. The molecule has 2 rings (SSSR count). The van der Waals surface area contributed by atoms with E-state index in [1.54, 1.807) is 17.8 Å². The third kappa shape index (κ3) is 3.26. The van der Waals surface area contributed by atoms with Crippen LogP contribution in [0.4, 0.5) is 10.1 Å². The summed E-state index contributed by atoms with van der Waals surface area (Å²) in [5.74, 6) is 0.495. The quantitative estimate of drug-likeness (QED) is 0.657. The van der Waals surface area contributed by atoms with Crippen LogP contribution in [0, 0.1) is 5.82 Å². The molecule has 0 radical (unpaired) electrons. The maximum absolute atomic E-state index is 13.3. The van der Waals surface area contributed by atoms with E-state index >= 15 is 0 Å². The van der Waals surface area contributed by atoms with Gasteiger partial charge in [0.05, 0.1) is 5.69 Å². The fraction of sp³-hybridized carbons (Fsp3) is 0.200. The molecule has 94 valence electrons. The average Bonchev–Trinajstić information content (AvgIpc) is 2.41. The van der Waals surface area contributed by atoms with Crippen LogP contribution in [0.2, 0.25) is 0 Å². The predicted molar refractivity (Wildman–Crippen MR) is 76.2 cm³/mol. The molecule has 0 saturated heterocycles. The third-order valence-electron chi connectivity index (χ3n) is 2.81. The molecule has 0 heterocycles. The Morgan fingerprint density at radius 1 is 1.06 bits per heavy atom. The van der Waals surface area contributed by atoms with Crippen molar-refractivity contribution in [3.8, 4) is 0 Å². The van der Waals surface area contributed by atoms with E-state index in [9.17, 15) is 4.39 Å². The van der Waals surface area contributed by atoms with Crippen LogP contribution in [0.5, 0.6) is 0 Å². The van der Waals surface area contributed by atoms with Gasteiger partial charge >= 0.3 is 0 Å². The van der Waals surface area contributed by atoms with E-state index in [2.05, 4.69) is 31.2 Å². The van der Waals surface area contributed by atoms with E-state index in [4.69, 9.17) is 5.73 Å². The van der Waals surface area contributed by atoms with Gasteiger partial charge < -0.3 is 5.73 Å². The lowest BCUT2D eigenvalue weighted by molar-refractivity contribution is 0.629. The molecule has 0 atom stereocenters. The second-order valence-electron chi connectivity index (χ2n) is 4.14. The minimum Gasteiger partial charge on any atom is -0.396 e. The zero-order valence-corrected chi connectivity index (χ0v) is 11.1. The van der Waals surface area contributed by atoms with Gasteiger partial charge in [-0.3, -0.25) is 0 Å². The van der Waals surface area contributed by atoms with Crippen LogP contribution >= 0.6 is 11.8 Å². The lowest BCUT2D eigenvalue weighted by Gasteiger charge is -2.04. The molecule has 0 unspecified atom stereocenters. The molecule has 0 fully saturated rings.